The number of hydrogen-bond acceptors (Lipinski definition) is 4. The zero-order valence-electron chi connectivity index (χ0n) is 10.1. The van der Waals surface area contributed by atoms with Crippen LogP contribution in [0.25, 0.3) is 0 Å². The molecule has 98 valence electrons. The molecule has 1 atom stereocenters. The second-order valence-electron chi connectivity index (χ2n) is 4.29. The van der Waals surface area contributed by atoms with Gasteiger partial charge in [-0.15, -0.1) is 0 Å². The van der Waals surface area contributed by atoms with Crippen molar-refractivity contribution in [1.82, 2.24) is 0 Å². The molecule has 1 aromatic carbocycles. The van der Waals surface area contributed by atoms with Crippen LogP contribution in [0.4, 0.5) is 0 Å². The van der Waals surface area contributed by atoms with Gasteiger partial charge in [0.25, 0.3) is 0 Å². The lowest BCUT2D eigenvalue weighted by Gasteiger charge is -2.27. The van der Waals surface area contributed by atoms with E-state index in [2.05, 4.69) is 4.74 Å². The van der Waals surface area contributed by atoms with Crippen molar-refractivity contribution in [3.8, 4) is 5.75 Å². The van der Waals surface area contributed by atoms with E-state index in [-0.39, 0.29) is 6.10 Å². The standard InChI is InChI=1S/C13H15ClO4/c1-17-13(16)12(15)8-5-6-11(10(14)7-8)18-9-3-2-4-9/h5-7,9,12,15H,2-4H2,1H3. The summed E-state index contributed by atoms with van der Waals surface area (Å²) in [6.07, 6.45) is 2.19. The minimum absolute atomic E-state index is 0.235. The molecule has 1 saturated carbocycles. The van der Waals surface area contributed by atoms with Crippen LogP contribution in [-0.4, -0.2) is 24.3 Å². The normalized spacial score (nSPS) is 16.8. The summed E-state index contributed by atoms with van der Waals surface area (Å²) in [5.41, 5.74) is 0.396. The van der Waals surface area contributed by atoms with Gasteiger partial charge in [-0.3, -0.25) is 0 Å². The van der Waals surface area contributed by atoms with E-state index in [0.29, 0.717) is 16.3 Å². The number of carbonyl (C=O) groups is 1. The molecule has 5 heteroatoms. The van der Waals surface area contributed by atoms with Crippen molar-refractivity contribution in [1.29, 1.82) is 0 Å². The van der Waals surface area contributed by atoms with Gasteiger partial charge in [0.15, 0.2) is 6.10 Å². The molecule has 0 amide bonds. The van der Waals surface area contributed by atoms with Gasteiger partial charge >= 0.3 is 5.97 Å². The zero-order valence-corrected chi connectivity index (χ0v) is 10.8. The lowest BCUT2D eigenvalue weighted by Crippen LogP contribution is -2.24. The highest BCUT2D eigenvalue weighted by Crippen LogP contribution is 2.32. The van der Waals surface area contributed by atoms with Crippen LogP contribution in [0.1, 0.15) is 30.9 Å². The fourth-order valence-corrected chi connectivity index (χ4v) is 1.93. The van der Waals surface area contributed by atoms with Gasteiger partial charge in [0.1, 0.15) is 5.75 Å². The van der Waals surface area contributed by atoms with E-state index < -0.39 is 12.1 Å². The summed E-state index contributed by atoms with van der Waals surface area (Å²) in [6.45, 7) is 0. The number of aliphatic hydroxyl groups excluding tert-OH is 1. The Balaban J connectivity index is 2.10. The Morgan fingerprint density at radius 2 is 2.22 bits per heavy atom. The van der Waals surface area contributed by atoms with Crippen LogP contribution in [-0.2, 0) is 9.53 Å². The first-order valence-corrected chi connectivity index (χ1v) is 6.21. The van der Waals surface area contributed by atoms with Gasteiger partial charge in [-0.2, -0.15) is 0 Å². The fraction of sp³-hybridized carbons (Fsp3) is 0.462. The van der Waals surface area contributed by atoms with E-state index in [0.717, 1.165) is 12.8 Å². The molecule has 1 aliphatic carbocycles. The van der Waals surface area contributed by atoms with Crippen molar-refractivity contribution in [3.63, 3.8) is 0 Å². The van der Waals surface area contributed by atoms with Crippen molar-refractivity contribution in [2.75, 3.05) is 7.11 Å². The molecule has 0 radical (unpaired) electrons. The molecule has 0 aliphatic heterocycles. The minimum atomic E-state index is -1.31. The highest BCUT2D eigenvalue weighted by molar-refractivity contribution is 6.32. The lowest BCUT2D eigenvalue weighted by molar-refractivity contribution is -0.150. The Labute approximate surface area is 110 Å². The Bertz CT molecular complexity index is 443. The maximum absolute atomic E-state index is 11.2. The van der Waals surface area contributed by atoms with Gasteiger partial charge in [0.2, 0.25) is 0 Å². The summed E-state index contributed by atoms with van der Waals surface area (Å²) in [5, 5.41) is 10.1. The van der Waals surface area contributed by atoms with Crippen LogP contribution in [0, 0.1) is 0 Å². The summed E-state index contributed by atoms with van der Waals surface area (Å²) in [4.78, 5) is 11.2. The predicted molar refractivity (Wildman–Crippen MR) is 66.7 cm³/mol. The number of esters is 1. The number of carbonyl (C=O) groups excluding carboxylic acids is 1. The van der Waals surface area contributed by atoms with E-state index in [1.54, 1.807) is 12.1 Å². The van der Waals surface area contributed by atoms with Gasteiger partial charge in [-0.05, 0) is 37.0 Å². The molecule has 0 bridgehead atoms. The highest BCUT2D eigenvalue weighted by Gasteiger charge is 2.22. The van der Waals surface area contributed by atoms with Crippen LogP contribution in [0.3, 0.4) is 0 Å². The van der Waals surface area contributed by atoms with Crippen LogP contribution in [0.2, 0.25) is 5.02 Å². The maximum atomic E-state index is 11.2. The van der Waals surface area contributed by atoms with Gasteiger partial charge in [0.05, 0.1) is 18.2 Å². The summed E-state index contributed by atoms with van der Waals surface area (Å²) in [5.74, 6) is -0.124. The highest BCUT2D eigenvalue weighted by atomic mass is 35.5. The second-order valence-corrected chi connectivity index (χ2v) is 4.69. The first kappa shape index (κ1) is 13.2. The fourth-order valence-electron chi connectivity index (χ4n) is 1.70. The summed E-state index contributed by atoms with van der Waals surface area (Å²) in [6, 6.07) is 4.81. The molecule has 1 N–H and O–H groups in total. The average Bonchev–Trinajstić information content (AvgIpc) is 2.33. The van der Waals surface area contributed by atoms with Crippen LogP contribution in [0.15, 0.2) is 18.2 Å². The van der Waals surface area contributed by atoms with Crippen molar-refractivity contribution in [2.24, 2.45) is 0 Å². The van der Waals surface area contributed by atoms with Crippen LogP contribution < -0.4 is 4.74 Å². The predicted octanol–water partition coefficient (Wildman–Crippen LogP) is 2.48. The van der Waals surface area contributed by atoms with Gasteiger partial charge < -0.3 is 14.6 Å². The second kappa shape index (κ2) is 5.59. The third-order valence-electron chi connectivity index (χ3n) is 3.04. The molecule has 4 nitrogen and oxygen atoms in total. The van der Waals surface area contributed by atoms with Crippen LogP contribution >= 0.6 is 11.6 Å². The monoisotopic (exact) mass is 270 g/mol. The summed E-state index contributed by atoms with van der Waals surface area (Å²) < 4.78 is 10.1. The SMILES string of the molecule is COC(=O)C(O)c1ccc(OC2CCC2)c(Cl)c1. The zero-order chi connectivity index (χ0) is 13.1. The van der Waals surface area contributed by atoms with Gasteiger partial charge in [0, 0.05) is 0 Å². The van der Waals surface area contributed by atoms with Crippen molar-refractivity contribution >= 4 is 17.6 Å². The number of hydrogen-bond donors (Lipinski definition) is 1. The third kappa shape index (κ3) is 2.76. The molecule has 0 spiro atoms. The Morgan fingerprint density at radius 1 is 1.50 bits per heavy atom. The molecular formula is C13H15ClO4. The van der Waals surface area contributed by atoms with E-state index in [4.69, 9.17) is 16.3 Å². The number of methoxy groups -OCH3 is 1. The first-order chi connectivity index (χ1) is 8.61. The molecule has 1 aromatic rings. The molecule has 0 saturated heterocycles. The molecule has 0 heterocycles. The molecule has 2 rings (SSSR count). The summed E-state index contributed by atoms with van der Waals surface area (Å²) >= 11 is 6.06. The van der Waals surface area contributed by atoms with E-state index >= 15 is 0 Å². The average molecular weight is 271 g/mol. The minimum Gasteiger partial charge on any atom is -0.489 e. The molecule has 1 fully saturated rings. The molecule has 1 aliphatic rings. The van der Waals surface area contributed by atoms with E-state index in [1.165, 1.54) is 19.6 Å². The van der Waals surface area contributed by atoms with Crippen molar-refractivity contribution in [3.05, 3.63) is 28.8 Å². The number of ether oxygens (including phenoxy) is 2. The van der Waals surface area contributed by atoms with Gasteiger partial charge in [-0.25, -0.2) is 4.79 Å². The topological polar surface area (TPSA) is 55.8 Å². The third-order valence-corrected chi connectivity index (χ3v) is 3.34. The van der Waals surface area contributed by atoms with Crippen molar-refractivity contribution in [2.45, 2.75) is 31.5 Å². The molecule has 18 heavy (non-hydrogen) atoms. The van der Waals surface area contributed by atoms with E-state index in [9.17, 15) is 9.90 Å². The number of benzene rings is 1. The molecule has 0 aromatic heterocycles. The molecular weight excluding hydrogens is 256 g/mol. The van der Waals surface area contributed by atoms with Crippen LogP contribution in [0.5, 0.6) is 5.75 Å². The smallest absolute Gasteiger partial charge is 0.339 e. The Kier molecular flexibility index (Phi) is 4.09. The summed E-state index contributed by atoms with van der Waals surface area (Å²) in [7, 11) is 1.22. The number of halogens is 1. The quantitative estimate of drug-likeness (QED) is 0.854. The maximum Gasteiger partial charge on any atom is 0.339 e. The Morgan fingerprint density at radius 3 is 2.72 bits per heavy atom. The van der Waals surface area contributed by atoms with Crippen molar-refractivity contribution < 1.29 is 19.4 Å². The Hall–Kier alpha value is -1.26. The molecule has 1 unspecified atom stereocenters. The first-order valence-electron chi connectivity index (χ1n) is 5.84. The lowest BCUT2D eigenvalue weighted by atomic mass is 9.96. The van der Waals surface area contributed by atoms with Gasteiger partial charge in [-0.1, -0.05) is 17.7 Å². The number of aliphatic hydroxyl groups is 1. The largest absolute Gasteiger partial charge is 0.489 e. The number of rotatable bonds is 4. The van der Waals surface area contributed by atoms with E-state index in [1.807, 2.05) is 0 Å².